The largest absolute Gasteiger partial charge is 0.352 e. The number of nitrogens with one attached hydrogen (secondary N) is 1. The maximum Gasteiger partial charge on any atom is 0.251 e. The van der Waals surface area contributed by atoms with Crippen LogP contribution in [0.4, 0.5) is 0 Å². The van der Waals surface area contributed by atoms with Crippen molar-refractivity contribution < 1.29 is 4.79 Å². The monoisotopic (exact) mass is 307 g/mol. The second kappa shape index (κ2) is 5.82. The Bertz CT molecular complexity index is 551. The van der Waals surface area contributed by atoms with Crippen molar-refractivity contribution in [1.82, 2.24) is 15.1 Å². The van der Waals surface area contributed by atoms with Gasteiger partial charge >= 0.3 is 0 Å². The van der Waals surface area contributed by atoms with Crippen LogP contribution in [0.2, 0.25) is 0 Å². The summed E-state index contributed by atoms with van der Waals surface area (Å²) in [6.07, 6.45) is 2.53. The number of carbonyl (C=O) groups is 1. The summed E-state index contributed by atoms with van der Waals surface area (Å²) in [6.45, 7) is 0.602. The molecule has 0 unspecified atom stereocenters. The number of carbonyl (C=O) groups excluding carboxylic acids is 1. The summed E-state index contributed by atoms with van der Waals surface area (Å²) in [7, 11) is 1.89. The second-order valence-electron chi connectivity index (χ2n) is 3.96. The molecule has 0 saturated heterocycles. The number of nitrogens with zero attached hydrogens (tertiary/aromatic N) is 2. The van der Waals surface area contributed by atoms with Gasteiger partial charge in [0.2, 0.25) is 0 Å². The molecule has 1 heterocycles. The molecule has 5 heteroatoms. The molecule has 94 valence electrons. The van der Waals surface area contributed by atoms with E-state index in [1.807, 2.05) is 29.9 Å². The number of benzene rings is 1. The van der Waals surface area contributed by atoms with E-state index in [0.29, 0.717) is 12.1 Å². The van der Waals surface area contributed by atoms with Gasteiger partial charge in [0.1, 0.15) is 0 Å². The Labute approximate surface area is 114 Å². The van der Waals surface area contributed by atoms with Gasteiger partial charge in [-0.3, -0.25) is 9.48 Å². The molecule has 0 atom stereocenters. The topological polar surface area (TPSA) is 46.9 Å². The van der Waals surface area contributed by atoms with Gasteiger partial charge in [-0.05, 0) is 24.3 Å². The van der Waals surface area contributed by atoms with Crippen molar-refractivity contribution in [2.45, 2.75) is 6.42 Å². The second-order valence-corrected chi connectivity index (χ2v) is 4.88. The standard InChI is InChI=1S/C13H14BrN3O/c1-17-12(6-8-16-17)5-7-15-13(18)10-3-2-4-11(14)9-10/h2-4,6,8-9H,5,7H2,1H3,(H,15,18). The molecule has 0 saturated carbocycles. The van der Waals surface area contributed by atoms with E-state index in [-0.39, 0.29) is 5.91 Å². The van der Waals surface area contributed by atoms with E-state index in [1.165, 1.54) is 0 Å². The first-order valence-electron chi connectivity index (χ1n) is 5.67. The summed E-state index contributed by atoms with van der Waals surface area (Å²) in [6, 6.07) is 9.29. The number of aryl methyl sites for hydroxylation is 1. The molecule has 1 aromatic heterocycles. The van der Waals surface area contributed by atoms with Crippen LogP contribution in [0.5, 0.6) is 0 Å². The smallest absolute Gasteiger partial charge is 0.251 e. The van der Waals surface area contributed by atoms with Crippen LogP contribution in [-0.2, 0) is 13.5 Å². The van der Waals surface area contributed by atoms with E-state index in [0.717, 1.165) is 16.6 Å². The minimum Gasteiger partial charge on any atom is -0.352 e. The summed E-state index contributed by atoms with van der Waals surface area (Å²) in [5.41, 5.74) is 1.76. The highest BCUT2D eigenvalue weighted by molar-refractivity contribution is 9.10. The highest BCUT2D eigenvalue weighted by atomic mass is 79.9. The predicted octanol–water partition coefficient (Wildman–Crippen LogP) is 2.16. The van der Waals surface area contributed by atoms with Gasteiger partial charge in [0, 0.05) is 41.9 Å². The number of hydrogen-bond acceptors (Lipinski definition) is 2. The Morgan fingerprint density at radius 1 is 1.44 bits per heavy atom. The molecule has 0 aliphatic rings. The Hall–Kier alpha value is -1.62. The lowest BCUT2D eigenvalue weighted by atomic mass is 10.2. The minimum atomic E-state index is -0.0570. The van der Waals surface area contributed by atoms with Crippen molar-refractivity contribution in [3.63, 3.8) is 0 Å². The summed E-state index contributed by atoms with van der Waals surface area (Å²) >= 11 is 3.35. The first-order chi connectivity index (χ1) is 8.66. The molecule has 0 bridgehead atoms. The Balaban J connectivity index is 1.87. The van der Waals surface area contributed by atoms with Gasteiger partial charge in [-0.1, -0.05) is 22.0 Å². The molecule has 0 aliphatic heterocycles. The minimum absolute atomic E-state index is 0.0570. The van der Waals surface area contributed by atoms with Crippen molar-refractivity contribution in [3.8, 4) is 0 Å². The third kappa shape index (κ3) is 3.20. The van der Waals surface area contributed by atoms with Crippen LogP contribution >= 0.6 is 15.9 Å². The fourth-order valence-electron chi connectivity index (χ4n) is 1.68. The molecule has 1 N–H and O–H groups in total. The quantitative estimate of drug-likeness (QED) is 0.941. The van der Waals surface area contributed by atoms with E-state index >= 15 is 0 Å². The number of halogens is 1. The van der Waals surface area contributed by atoms with E-state index in [4.69, 9.17) is 0 Å². The summed E-state index contributed by atoms with van der Waals surface area (Å²) in [5.74, 6) is -0.0570. The fraction of sp³-hybridized carbons (Fsp3) is 0.231. The van der Waals surface area contributed by atoms with Crippen molar-refractivity contribution >= 4 is 21.8 Å². The van der Waals surface area contributed by atoms with Gasteiger partial charge < -0.3 is 5.32 Å². The van der Waals surface area contributed by atoms with Crippen LogP contribution < -0.4 is 5.32 Å². The lowest BCUT2D eigenvalue weighted by molar-refractivity contribution is 0.0954. The van der Waals surface area contributed by atoms with E-state index in [9.17, 15) is 4.79 Å². The molecule has 4 nitrogen and oxygen atoms in total. The van der Waals surface area contributed by atoms with E-state index < -0.39 is 0 Å². The number of aromatic nitrogens is 2. The van der Waals surface area contributed by atoms with Gasteiger partial charge in [0.15, 0.2) is 0 Å². The zero-order valence-corrected chi connectivity index (χ0v) is 11.6. The van der Waals surface area contributed by atoms with Crippen molar-refractivity contribution in [3.05, 3.63) is 52.3 Å². The average Bonchev–Trinajstić information content (AvgIpc) is 2.75. The SMILES string of the molecule is Cn1nccc1CCNC(=O)c1cccc(Br)c1. The van der Waals surface area contributed by atoms with Gasteiger partial charge in [0.05, 0.1) is 0 Å². The fourth-order valence-corrected chi connectivity index (χ4v) is 2.08. The van der Waals surface area contributed by atoms with E-state index in [2.05, 4.69) is 26.3 Å². The number of rotatable bonds is 4. The van der Waals surface area contributed by atoms with Crippen LogP contribution in [0.3, 0.4) is 0 Å². The molecule has 0 radical (unpaired) electrons. The van der Waals surface area contributed by atoms with Crippen molar-refractivity contribution in [2.75, 3.05) is 6.54 Å². The molecule has 2 aromatic rings. The number of amides is 1. The van der Waals surface area contributed by atoms with Gasteiger partial charge in [-0.25, -0.2) is 0 Å². The maximum atomic E-state index is 11.9. The first-order valence-corrected chi connectivity index (χ1v) is 6.47. The molecule has 2 rings (SSSR count). The van der Waals surface area contributed by atoms with Gasteiger partial charge in [0.25, 0.3) is 5.91 Å². The summed E-state index contributed by atoms with van der Waals surface area (Å²) < 4.78 is 2.72. The van der Waals surface area contributed by atoms with Crippen molar-refractivity contribution in [2.24, 2.45) is 7.05 Å². The third-order valence-corrected chi connectivity index (χ3v) is 3.17. The Kier molecular flexibility index (Phi) is 4.15. The van der Waals surface area contributed by atoms with E-state index in [1.54, 1.807) is 18.3 Å². The average molecular weight is 308 g/mol. The predicted molar refractivity (Wildman–Crippen MR) is 73.4 cm³/mol. The van der Waals surface area contributed by atoms with Crippen LogP contribution in [0.25, 0.3) is 0 Å². The zero-order valence-electron chi connectivity index (χ0n) is 10.1. The highest BCUT2D eigenvalue weighted by Gasteiger charge is 2.05. The Morgan fingerprint density at radius 2 is 2.28 bits per heavy atom. The molecule has 0 spiro atoms. The maximum absolute atomic E-state index is 11.9. The normalized spacial score (nSPS) is 10.3. The molecule has 1 aromatic carbocycles. The van der Waals surface area contributed by atoms with Gasteiger partial charge in [-0.15, -0.1) is 0 Å². The zero-order chi connectivity index (χ0) is 13.0. The highest BCUT2D eigenvalue weighted by Crippen LogP contribution is 2.11. The van der Waals surface area contributed by atoms with Crippen LogP contribution in [-0.4, -0.2) is 22.2 Å². The molecule has 1 amide bonds. The Morgan fingerprint density at radius 3 is 2.94 bits per heavy atom. The first kappa shape index (κ1) is 12.8. The van der Waals surface area contributed by atoms with Crippen LogP contribution in [0.1, 0.15) is 16.1 Å². The molecule has 0 fully saturated rings. The molecular formula is C13H14BrN3O. The van der Waals surface area contributed by atoms with Gasteiger partial charge in [-0.2, -0.15) is 5.10 Å². The summed E-state index contributed by atoms with van der Waals surface area (Å²) in [5, 5.41) is 6.97. The lowest BCUT2D eigenvalue weighted by Crippen LogP contribution is -2.26. The van der Waals surface area contributed by atoms with Crippen LogP contribution in [0.15, 0.2) is 41.0 Å². The van der Waals surface area contributed by atoms with Crippen molar-refractivity contribution in [1.29, 1.82) is 0 Å². The molecule has 0 aliphatic carbocycles. The lowest BCUT2D eigenvalue weighted by Gasteiger charge is -2.06. The third-order valence-electron chi connectivity index (χ3n) is 2.68. The molecule has 18 heavy (non-hydrogen) atoms. The number of hydrogen-bond donors (Lipinski definition) is 1. The van der Waals surface area contributed by atoms with Crippen LogP contribution in [0, 0.1) is 0 Å². The summed E-state index contributed by atoms with van der Waals surface area (Å²) in [4.78, 5) is 11.9. The molecular weight excluding hydrogens is 294 g/mol.